The first-order valence-corrected chi connectivity index (χ1v) is 6.64. The number of rotatable bonds is 8. The second kappa shape index (κ2) is 8.06. The van der Waals surface area contributed by atoms with Crippen molar-refractivity contribution in [2.45, 2.75) is 39.3 Å². The van der Waals surface area contributed by atoms with Crippen molar-refractivity contribution in [2.24, 2.45) is 0 Å². The first kappa shape index (κ1) is 14.9. The number of hydrogen-bond acceptors (Lipinski definition) is 4. The van der Waals surface area contributed by atoms with E-state index in [0.717, 1.165) is 32.5 Å². The lowest BCUT2D eigenvalue weighted by Gasteiger charge is -2.30. The van der Waals surface area contributed by atoms with E-state index in [9.17, 15) is 0 Å². The molecule has 4 heteroatoms. The van der Waals surface area contributed by atoms with Crippen molar-refractivity contribution in [3.05, 3.63) is 23.9 Å². The van der Waals surface area contributed by atoms with Crippen LogP contribution in [-0.2, 0) is 11.3 Å². The van der Waals surface area contributed by atoms with Gasteiger partial charge in [0, 0.05) is 32.4 Å². The molecule has 0 radical (unpaired) electrons. The van der Waals surface area contributed by atoms with E-state index in [2.05, 4.69) is 23.7 Å². The zero-order chi connectivity index (χ0) is 13.4. The standard InChI is InChI=1S/C14H25N3O/c1-4-13(5-2)17(8-9-18-3)11-12-6-7-14(15)16-10-12/h6-7,10,13H,4-5,8-9,11H2,1-3H3,(H2,15,16). The predicted molar refractivity (Wildman–Crippen MR) is 75.3 cm³/mol. The molecular formula is C14H25N3O. The Hall–Kier alpha value is -1.13. The Bertz CT molecular complexity index is 322. The summed E-state index contributed by atoms with van der Waals surface area (Å²) in [5.74, 6) is 0.574. The summed E-state index contributed by atoms with van der Waals surface area (Å²) in [5, 5.41) is 0. The van der Waals surface area contributed by atoms with Crippen molar-refractivity contribution in [3.63, 3.8) is 0 Å². The molecule has 2 N–H and O–H groups in total. The molecule has 4 nitrogen and oxygen atoms in total. The molecule has 0 unspecified atom stereocenters. The topological polar surface area (TPSA) is 51.4 Å². The molecule has 0 atom stereocenters. The van der Waals surface area contributed by atoms with E-state index in [0.29, 0.717) is 11.9 Å². The molecule has 0 aliphatic rings. The third-order valence-electron chi connectivity index (χ3n) is 3.27. The highest BCUT2D eigenvalue weighted by Crippen LogP contribution is 2.13. The zero-order valence-electron chi connectivity index (χ0n) is 11.7. The average Bonchev–Trinajstić information content (AvgIpc) is 2.39. The lowest BCUT2D eigenvalue weighted by molar-refractivity contribution is 0.110. The van der Waals surface area contributed by atoms with Gasteiger partial charge in [0.25, 0.3) is 0 Å². The van der Waals surface area contributed by atoms with Gasteiger partial charge in [0.15, 0.2) is 0 Å². The second-order valence-corrected chi connectivity index (χ2v) is 4.52. The van der Waals surface area contributed by atoms with Crippen molar-refractivity contribution in [1.29, 1.82) is 0 Å². The maximum absolute atomic E-state index is 5.61. The van der Waals surface area contributed by atoms with Crippen molar-refractivity contribution >= 4 is 5.82 Å². The monoisotopic (exact) mass is 251 g/mol. The summed E-state index contributed by atoms with van der Waals surface area (Å²) < 4.78 is 5.19. The number of nitrogen functional groups attached to an aromatic ring is 1. The number of aromatic nitrogens is 1. The highest BCUT2D eigenvalue weighted by Gasteiger charge is 2.15. The van der Waals surface area contributed by atoms with Crippen LogP contribution in [0.4, 0.5) is 5.82 Å². The molecule has 0 saturated heterocycles. The van der Waals surface area contributed by atoms with E-state index >= 15 is 0 Å². The molecular weight excluding hydrogens is 226 g/mol. The summed E-state index contributed by atoms with van der Waals surface area (Å²) in [7, 11) is 1.75. The van der Waals surface area contributed by atoms with Crippen LogP contribution in [0.1, 0.15) is 32.3 Å². The molecule has 0 aromatic carbocycles. The molecule has 0 aliphatic heterocycles. The number of nitrogens with zero attached hydrogens (tertiary/aromatic N) is 2. The fourth-order valence-electron chi connectivity index (χ4n) is 2.17. The van der Waals surface area contributed by atoms with Gasteiger partial charge >= 0.3 is 0 Å². The van der Waals surface area contributed by atoms with E-state index in [1.807, 2.05) is 18.3 Å². The summed E-state index contributed by atoms with van der Waals surface area (Å²) in [4.78, 5) is 6.60. The summed E-state index contributed by atoms with van der Waals surface area (Å²) in [5.41, 5.74) is 6.81. The van der Waals surface area contributed by atoms with Crippen LogP contribution in [0.3, 0.4) is 0 Å². The van der Waals surface area contributed by atoms with Crippen LogP contribution in [0, 0.1) is 0 Å². The molecule has 0 fully saturated rings. The highest BCUT2D eigenvalue weighted by atomic mass is 16.5. The van der Waals surface area contributed by atoms with E-state index in [1.165, 1.54) is 5.56 Å². The molecule has 1 rings (SSSR count). The number of pyridine rings is 1. The molecule has 102 valence electrons. The zero-order valence-corrected chi connectivity index (χ0v) is 11.7. The van der Waals surface area contributed by atoms with Crippen LogP contribution in [-0.4, -0.2) is 36.2 Å². The minimum absolute atomic E-state index is 0.574. The minimum atomic E-state index is 0.574. The van der Waals surface area contributed by atoms with Gasteiger partial charge in [-0.15, -0.1) is 0 Å². The lowest BCUT2D eigenvalue weighted by Crippen LogP contribution is -2.36. The first-order chi connectivity index (χ1) is 8.71. The molecule has 0 spiro atoms. The fraction of sp³-hybridized carbons (Fsp3) is 0.643. The van der Waals surface area contributed by atoms with Crippen LogP contribution in [0.2, 0.25) is 0 Å². The molecule has 0 aliphatic carbocycles. The summed E-state index contributed by atoms with van der Waals surface area (Å²) in [6, 6.07) is 4.50. The molecule has 0 bridgehead atoms. The van der Waals surface area contributed by atoms with Crippen molar-refractivity contribution in [1.82, 2.24) is 9.88 Å². The molecule has 0 amide bonds. The molecule has 1 heterocycles. The van der Waals surface area contributed by atoms with Gasteiger partial charge in [-0.25, -0.2) is 4.98 Å². The predicted octanol–water partition coefficient (Wildman–Crippen LogP) is 2.30. The second-order valence-electron chi connectivity index (χ2n) is 4.52. The van der Waals surface area contributed by atoms with Gasteiger partial charge in [0.1, 0.15) is 5.82 Å². The maximum Gasteiger partial charge on any atom is 0.123 e. The third kappa shape index (κ3) is 4.63. The SMILES string of the molecule is CCC(CC)N(CCOC)Cc1ccc(N)nc1. The van der Waals surface area contributed by atoms with Crippen molar-refractivity contribution in [3.8, 4) is 0 Å². The van der Waals surface area contributed by atoms with E-state index in [-0.39, 0.29) is 0 Å². The van der Waals surface area contributed by atoms with Crippen LogP contribution in [0.5, 0.6) is 0 Å². The number of nitrogens with two attached hydrogens (primary N) is 1. The Morgan fingerprint density at radius 3 is 2.56 bits per heavy atom. The Labute approximate surface area is 110 Å². The largest absolute Gasteiger partial charge is 0.384 e. The Balaban J connectivity index is 2.67. The van der Waals surface area contributed by atoms with Crippen LogP contribution >= 0.6 is 0 Å². The Morgan fingerprint density at radius 1 is 1.33 bits per heavy atom. The Morgan fingerprint density at radius 2 is 2.06 bits per heavy atom. The average molecular weight is 251 g/mol. The maximum atomic E-state index is 5.61. The molecule has 0 saturated carbocycles. The van der Waals surface area contributed by atoms with Gasteiger partial charge < -0.3 is 10.5 Å². The van der Waals surface area contributed by atoms with Gasteiger partial charge in [-0.05, 0) is 24.5 Å². The number of methoxy groups -OCH3 is 1. The number of hydrogen-bond donors (Lipinski definition) is 1. The smallest absolute Gasteiger partial charge is 0.123 e. The van der Waals surface area contributed by atoms with Crippen LogP contribution in [0.15, 0.2) is 18.3 Å². The normalized spacial score (nSPS) is 11.4. The van der Waals surface area contributed by atoms with Gasteiger partial charge in [-0.3, -0.25) is 4.90 Å². The van der Waals surface area contributed by atoms with Crippen molar-refractivity contribution in [2.75, 3.05) is 26.0 Å². The molecule has 1 aromatic rings. The van der Waals surface area contributed by atoms with E-state index in [1.54, 1.807) is 7.11 Å². The first-order valence-electron chi connectivity index (χ1n) is 6.64. The van der Waals surface area contributed by atoms with Crippen molar-refractivity contribution < 1.29 is 4.74 Å². The van der Waals surface area contributed by atoms with E-state index < -0.39 is 0 Å². The van der Waals surface area contributed by atoms with Gasteiger partial charge in [0.2, 0.25) is 0 Å². The third-order valence-corrected chi connectivity index (χ3v) is 3.27. The highest BCUT2D eigenvalue weighted by molar-refractivity contribution is 5.29. The summed E-state index contributed by atoms with van der Waals surface area (Å²) in [6.45, 7) is 7.08. The van der Waals surface area contributed by atoms with Gasteiger partial charge in [-0.2, -0.15) is 0 Å². The van der Waals surface area contributed by atoms with Crippen LogP contribution < -0.4 is 5.73 Å². The lowest BCUT2D eigenvalue weighted by atomic mass is 10.1. The summed E-state index contributed by atoms with van der Waals surface area (Å²) >= 11 is 0. The van der Waals surface area contributed by atoms with Crippen LogP contribution in [0.25, 0.3) is 0 Å². The van der Waals surface area contributed by atoms with E-state index in [4.69, 9.17) is 10.5 Å². The van der Waals surface area contributed by atoms with Gasteiger partial charge in [-0.1, -0.05) is 19.9 Å². The molecule has 1 aromatic heterocycles. The number of ether oxygens (including phenoxy) is 1. The fourth-order valence-corrected chi connectivity index (χ4v) is 2.17. The Kier molecular flexibility index (Phi) is 6.68. The summed E-state index contributed by atoms with van der Waals surface area (Å²) in [6.07, 6.45) is 4.17. The number of anilines is 1. The van der Waals surface area contributed by atoms with Gasteiger partial charge in [0.05, 0.1) is 6.61 Å². The quantitative estimate of drug-likeness (QED) is 0.770. The molecule has 18 heavy (non-hydrogen) atoms. The minimum Gasteiger partial charge on any atom is -0.384 e.